The van der Waals surface area contributed by atoms with Crippen molar-refractivity contribution in [1.29, 1.82) is 0 Å². The van der Waals surface area contributed by atoms with Crippen LogP contribution < -0.4 is 4.80 Å². The van der Waals surface area contributed by atoms with Gasteiger partial charge in [0.2, 0.25) is 0 Å². The quantitative estimate of drug-likeness (QED) is 0.679. The summed E-state index contributed by atoms with van der Waals surface area (Å²) in [5.41, 5.74) is 0. The molecule has 0 aliphatic carbocycles. The van der Waals surface area contributed by atoms with Crippen molar-refractivity contribution in [2.24, 2.45) is 12.0 Å². The molecule has 3 nitrogen and oxygen atoms in total. The minimum Gasteiger partial charge on any atom is -0.327 e. The second-order valence-corrected chi connectivity index (χ2v) is 3.47. The normalized spacial score (nSPS) is 13.4. The van der Waals surface area contributed by atoms with Crippen LogP contribution in [0.5, 0.6) is 0 Å². The van der Waals surface area contributed by atoms with E-state index >= 15 is 0 Å². The van der Waals surface area contributed by atoms with E-state index in [0.29, 0.717) is 6.92 Å². The molecular formula is C7H8F2N2OS. The van der Waals surface area contributed by atoms with E-state index in [1.54, 1.807) is 18.6 Å². The number of aromatic nitrogens is 1. The van der Waals surface area contributed by atoms with Crippen LogP contribution in [-0.2, 0) is 11.8 Å². The molecule has 0 aliphatic rings. The molecule has 72 valence electrons. The summed E-state index contributed by atoms with van der Waals surface area (Å²) in [6, 6.07) is 0. The molecule has 0 atom stereocenters. The van der Waals surface area contributed by atoms with Gasteiger partial charge in [0.25, 0.3) is 0 Å². The van der Waals surface area contributed by atoms with Gasteiger partial charge in [-0.3, -0.25) is 4.79 Å². The van der Waals surface area contributed by atoms with Gasteiger partial charge in [-0.05, 0) is 0 Å². The average molecular weight is 206 g/mol. The first-order valence-corrected chi connectivity index (χ1v) is 4.36. The maximum atomic E-state index is 12.4. The molecule has 0 spiro atoms. The number of alkyl halides is 2. The van der Waals surface area contributed by atoms with Crippen LogP contribution in [-0.4, -0.2) is 16.4 Å². The summed E-state index contributed by atoms with van der Waals surface area (Å²) in [4.78, 5) is 14.3. The van der Waals surface area contributed by atoms with Crippen molar-refractivity contribution in [3.8, 4) is 0 Å². The summed E-state index contributed by atoms with van der Waals surface area (Å²) >= 11 is 1.14. The van der Waals surface area contributed by atoms with Crippen LogP contribution >= 0.6 is 11.3 Å². The van der Waals surface area contributed by atoms with Crippen molar-refractivity contribution in [1.82, 2.24) is 4.57 Å². The summed E-state index contributed by atoms with van der Waals surface area (Å²) in [5.74, 6) is -4.80. The highest BCUT2D eigenvalue weighted by Crippen LogP contribution is 2.12. The minimum atomic E-state index is -3.39. The van der Waals surface area contributed by atoms with Crippen LogP contribution in [0.15, 0.2) is 16.6 Å². The summed E-state index contributed by atoms with van der Waals surface area (Å²) in [6.45, 7) is 0.534. The molecule has 0 bridgehead atoms. The molecule has 0 unspecified atom stereocenters. The molecule has 0 saturated heterocycles. The van der Waals surface area contributed by atoms with Crippen LogP contribution in [0.3, 0.4) is 0 Å². The van der Waals surface area contributed by atoms with Crippen molar-refractivity contribution in [3.05, 3.63) is 16.4 Å². The first-order valence-electron chi connectivity index (χ1n) is 3.48. The zero-order valence-electron chi connectivity index (χ0n) is 7.12. The van der Waals surface area contributed by atoms with Gasteiger partial charge in [-0.15, -0.1) is 11.3 Å². The number of hydrogen-bond acceptors (Lipinski definition) is 2. The number of nitrogens with zero attached hydrogens (tertiary/aromatic N) is 2. The van der Waals surface area contributed by atoms with Crippen molar-refractivity contribution < 1.29 is 13.6 Å². The van der Waals surface area contributed by atoms with Gasteiger partial charge in [0.1, 0.15) is 0 Å². The Balaban J connectivity index is 3.04. The van der Waals surface area contributed by atoms with Crippen molar-refractivity contribution >= 4 is 17.2 Å². The smallest absolute Gasteiger partial charge is 0.324 e. The van der Waals surface area contributed by atoms with Gasteiger partial charge in [0, 0.05) is 25.5 Å². The average Bonchev–Trinajstić information content (AvgIpc) is 2.34. The molecule has 1 rings (SSSR count). The highest BCUT2D eigenvalue weighted by Gasteiger charge is 2.31. The van der Waals surface area contributed by atoms with Crippen LogP contribution in [0.2, 0.25) is 0 Å². The molecule has 0 aliphatic heterocycles. The number of aryl methyl sites for hydroxylation is 1. The summed E-state index contributed by atoms with van der Waals surface area (Å²) in [5, 5.41) is 1.67. The molecule has 0 N–H and O–H groups in total. The maximum Gasteiger partial charge on any atom is 0.324 e. The fraction of sp³-hybridized carbons (Fsp3) is 0.429. The number of amides is 1. The summed E-state index contributed by atoms with van der Waals surface area (Å²) in [6.07, 6.45) is 1.64. The van der Waals surface area contributed by atoms with Crippen LogP contribution in [0.4, 0.5) is 8.78 Å². The van der Waals surface area contributed by atoms with E-state index in [4.69, 9.17) is 0 Å². The highest BCUT2D eigenvalue weighted by molar-refractivity contribution is 7.07. The lowest BCUT2D eigenvalue weighted by atomic mass is 10.4. The van der Waals surface area contributed by atoms with Crippen LogP contribution in [0.25, 0.3) is 0 Å². The molecule has 1 aromatic heterocycles. The van der Waals surface area contributed by atoms with E-state index in [1.165, 1.54) is 4.57 Å². The molecule has 0 aromatic carbocycles. The highest BCUT2D eigenvalue weighted by atomic mass is 32.1. The van der Waals surface area contributed by atoms with Gasteiger partial charge in [-0.1, -0.05) is 0 Å². The second-order valence-electron chi connectivity index (χ2n) is 2.60. The standard InChI is InChI=1S/C7H8F2N2OS/c1-7(8,9)5(12)10-6-11(2)3-4-13-6/h3-4H,1-2H3. The molecule has 1 heterocycles. The van der Waals surface area contributed by atoms with Gasteiger partial charge < -0.3 is 4.57 Å². The first kappa shape index (κ1) is 10.0. The van der Waals surface area contributed by atoms with Gasteiger partial charge in [0.05, 0.1) is 0 Å². The maximum absolute atomic E-state index is 12.4. The Hall–Kier alpha value is -1.04. The lowest BCUT2D eigenvalue weighted by Gasteiger charge is -2.02. The van der Waals surface area contributed by atoms with Crippen LogP contribution in [0, 0.1) is 0 Å². The third-order valence-electron chi connectivity index (χ3n) is 1.33. The lowest BCUT2D eigenvalue weighted by molar-refractivity contribution is -0.139. The Morgan fingerprint density at radius 1 is 1.69 bits per heavy atom. The van der Waals surface area contributed by atoms with Crippen molar-refractivity contribution in [2.75, 3.05) is 0 Å². The van der Waals surface area contributed by atoms with Crippen molar-refractivity contribution in [2.45, 2.75) is 12.8 Å². The predicted molar refractivity (Wildman–Crippen MR) is 44.5 cm³/mol. The number of rotatable bonds is 1. The Labute approximate surface area is 77.3 Å². The van der Waals surface area contributed by atoms with E-state index in [2.05, 4.69) is 4.99 Å². The molecule has 0 fully saturated rings. The van der Waals surface area contributed by atoms with E-state index in [9.17, 15) is 13.6 Å². The summed E-state index contributed by atoms with van der Waals surface area (Å²) in [7, 11) is 1.64. The number of hydrogen-bond donors (Lipinski definition) is 0. The zero-order chi connectivity index (χ0) is 10.1. The van der Waals surface area contributed by atoms with Crippen molar-refractivity contribution in [3.63, 3.8) is 0 Å². The Morgan fingerprint density at radius 2 is 2.31 bits per heavy atom. The molecule has 0 saturated carbocycles. The van der Waals surface area contributed by atoms with Crippen LogP contribution in [0.1, 0.15) is 6.92 Å². The topological polar surface area (TPSA) is 34.4 Å². The number of carbonyl (C=O) groups is 1. The van der Waals surface area contributed by atoms with E-state index in [0.717, 1.165) is 11.3 Å². The third-order valence-corrected chi connectivity index (χ3v) is 2.18. The Kier molecular flexibility index (Phi) is 2.60. The molecular weight excluding hydrogens is 198 g/mol. The Bertz CT molecular complexity index is 374. The monoisotopic (exact) mass is 206 g/mol. The number of halogens is 2. The van der Waals surface area contributed by atoms with Gasteiger partial charge in [-0.2, -0.15) is 13.8 Å². The third kappa shape index (κ3) is 2.45. The van der Waals surface area contributed by atoms with E-state index in [1.807, 2.05) is 0 Å². The molecule has 1 amide bonds. The predicted octanol–water partition coefficient (Wildman–Crippen LogP) is 1.17. The fourth-order valence-corrected chi connectivity index (χ4v) is 1.35. The molecule has 0 radical (unpaired) electrons. The minimum absolute atomic E-state index is 0.270. The molecule has 13 heavy (non-hydrogen) atoms. The largest absolute Gasteiger partial charge is 0.327 e. The number of thiazole rings is 1. The SMILES string of the molecule is Cn1ccsc1=NC(=O)C(C)(F)F. The first-order chi connectivity index (χ1) is 5.91. The van der Waals surface area contributed by atoms with E-state index in [-0.39, 0.29) is 4.80 Å². The second kappa shape index (κ2) is 3.37. The molecule has 1 aromatic rings. The van der Waals surface area contributed by atoms with Gasteiger partial charge in [-0.25, -0.2) is 0 Å². The lowest BCUT2D eigenvalue weighted by Crippen LogP contribution is -2.25. The molecule has 6 heteroatoms. The van der Waals surface area contributed by atoms with Gasteiger partial charge >= 0.3 is 11.8 Å². The zero-order valence-corrected chi connectivity index (χ0v) is 7.94. The Morgan fingerprint density at radius 3 is 2.69 bits per heavy atom. The number of carbonyl (C=O) groups excluding carboxylic acids is 1. The van der Waals surface area contributed by atoms with Gasteiger partial charge in [0.15, 0.2) is 4.80 Å². The fourth-order valence-electron chi connectivity index (χ4n) is 0.620. The van der Waals surface area contributed by atoms with E-state index < -0.39 is 11.8 Å². The summed E-state index contributed by atoms with van der Waals surface area (Å²) < 4.78 is 26.3.